The Balaban J connectivity index is 2.14. The summed E-state index contributed by atoms with van der Waals surface area (Å²) in [5, 5.41) is 20.3. The number of carbonyl (C=O) groups excluding carboxylic acids is 2. The summed E-state index contributed by atoms with van der Waals surface area (Å²) in [6.45, 7) is 3.97. The third-order valence-electron chi connectivity index (χ3n) is 4.76. The first-order chi connectivity index (χ1) is 15.4. The van der Waals surface area contributed by atoms with Crippen molar-refractivity contribution in [2.24, 2.45) is 5.92 Å². The molecule has 0 aliphatic heterocycles. The molecule has 2 atom stereocenters. The number of aliphatic hydroxyl groups excluding tert-OH is 1. The fraction of sp³-hybridized carbons (Fsp3) is 0.333. The first-order valence-electron chi connectivity index (χ1n) is 10.4. The van der Waals surface area contributed by atoms with Gasteiger partial charge in [-0.15, -0.1) is 0 Å². The quantitative estimate of drug-likeness (QED) is 0.236. The Hall–Kier alpha value is -3.36. The number of hydrogen-bond donors (Lipinski definition) is 4. The number of allylic oxidation sites excluding steroid dienone is 1. The highest BCUT2D eigenvalue weighted by Crippen LogP contribution is 2.32. The molecule has 0 saturated heterocycles. The lowest BCUT2D eigenvalue weighted by Crippen LogP contribution is -2.22. The number of anilines is 1. The molecule has 8 heteroatoms. The molecule has 2 aromatic rings. The molecule has 0 heterocycles. The van der Waals surface area contributed by atoms with Gasteiger partial charge in [-0.25, -0.2) is 10.3 Å². The van der Waals surface area contributed by atoms with Gasteiger partial charge in [-0.1, -0.05) is 42.8 Å². The minimum atomic E-state index is -0.600. The van der Waals surface area contributed by atoms with Crippen LogP contribution in [-0.4, -0.2) is 35.5 Å². The van der Waals surface area contributed by atoms with Crippen LogP contribution < -0.4 is 15.5 Å². The third-order valence-corrected chi connectivity index (χ3v) is 4.76. The number of rotatable bonds is 11. The Kier molecular flexibility index (Phi) is 10.2. The van der Waals surface area contributed by atoms with Crippen molar-refractivity contribution < 1.29 is 29.4 Å². The normalized spacial score (nSPS) is 12.8. The lowest BCUT2D eigenvalue weighted by atomic mass is 9.93. The summed E-state index contributed by atoms with van der Waals surface area (Å²) in [5.74, 6) is -0.124. The molecule has 0 unspecified atom stereocenters. The van der Waals surface area contributed by atoms with E-state index in [1.807, 2.05) is 32.0 Å². The highest BCUT2D eigenvalue weighted by molar-refractivity contribution is 5.86. The molecule has 0 radical (unpaired) electrons. The summed E-state index contributed by atoms with van der Waals surface area (Å²) in [4.78, 5) is 23.7. The van der Waals surface area contributed by atoms with Gasteiger partial charge in [0.15, 0.2) is 0 Å². The van der Waals surface area contributed by atoms with Gasteiger partial charge in [-0.05, 0) is 55.5 Å². The first-order valence-corrected chi connectivity index (χ1v) is 10.4. The van der Waals surface area contributed by atoms with Crippen LogP contribution in [0.4, 0.5) is 10.5 Å². The van der Waals surface area contributed by atoms with Gasteiger partial charge in [0.05, 0.1) is 6.61 Å². The van der Waals surface area contributed by atoms with Crippen molar-refractivity contribution in [2.45, 2.75) is 32.8 Å². The number of nitrogens with one attached hydrogen (secondary N) is 2. The topological polar surface area (TPSA) is 117 Å². The molecule has 0 fully saturated rings. The molecule has 0 spiro atoms. The van der Waals surface area contributed by atoms with Crippen LogP contribution in [0.15, 0.2) is 60.7 Å². The SMILES string of the molecule is Cc1ccc(NC(=O)O[C@H](c2cccc(OCCO)c2)[C@H](C)CC/C=C/C(=O)NO)cc1. The molecule has 0 aliphatic rings. The molecule has 2 aromatic carbocycles. The van der Waals surface area contributed by atoms with Gasteiger partial charge in [-0.2, -0.15) is 0 Å². The summed E-state index contributed by atoms with van der Waals surface area (Å²) in [6.07, 6.45) is 2.91. The summed E-state index contributed by atoms with van der Waals surface area (Å²) in [7, 11) is 0. The second-order valence-corrected chi connectivity index (χ2v) is 7.39. The van der Waals surface area contributed by atoms with Crippen LogP contribution in [0.25, 0.3) is 0 Å². The molecule has 4 N–H and O–H groups in total. The summed E-state index contributed by atoms with van der Waals surface area (Å²) in [6, 6.07) is 14.6. The Morgan fingerprint density at radius 3 is 2.59 bits per heavy atom. The van der Waals surface area contributed by atoms with Crippen LogP contribution in [-0.2, 0) is 9.53 Å². The molecule has 8 nitrogen and oxygen atoms in total. The van der Waals surface area contributed by atoms with Crippen molar-refractivity contribution in [3.05, 3.63) is 71.8 Å². The highest BCUT2D eigenvalue weighted by Gasteiger charge is 2.24. The predicted octanol–water partition coefficient (Wildman–Crippen LogP) is 4.13. The maximum atomic E-state index is 12.6. The lowest BCUT2D eigenvalue weighted by Gasteiger charge is -2.25. The minimum Gasteiger partial charge on any atom is -0.491 e. The fourth-order valence-electron chi connectivity index (χ4n) is 3.10. The molecule has 0 saturated carbocycles. The zero-order valence-electron chi connectivity index (χ0n) is 18.3. The Bertz CT molecular complexity index is 898. The van der Waals surface area contributed by atoms with Gasteiger partial charge in [0.1, 0.15) is 18.5 Å². The standard InChI is InChI=1S/C24H30N2O6/c1-17-10-12-20(13-11-17)25-24(29)32-23(18(2)6-3-4-9-22(28)26-30)19-7-5-8-21(16-19)31-15-14-27/h4-5,7-13,16,18,23,27,30H,3,6,14-15H2,1-2H3,(H,25,29)(H,26,28)/b9-4+/t18-,23+/m1/s1. The summed E-state index contributed by atoms with van der Waals surface area (Å²) >= 11 is 0. The van der Waals surface area contributed by atoms with Crippen molar-refractivity contribution >= 4 is 17.7 Å². The predicted molar refractivity (Wildman–Crippen MR) is 121 cm³/mol. The van der Waals surface area contributed by atoms with Gasteiger partial charge in [0.2, 0.25) is 0 Å². The lowest BCUT2D eigenvalue weighted by molar-refractivity contribution is -0.124. The van der Waals surface area contributed by atoms with E-state index in [1.165, 1.54) is 6.08 Å². The number of ether oxygens (including phenoxy) is 2. The smallest absolute Gasteiger partial charge is 0.412 e. The van der Waals surface area contributed by atoms with Crippen LogP contribution in [0.1, 0.15) is 37.0 Å². The van der Waals surface area contributed by atoms with Crippen molar-refractivity contribution in [1.29, 1.82) is 0 Å². The van der Waals surface area contributed by atoms with Crippen LogP contribution >= 0.6 is 0 Å². The molecule has 0 aromatic heterocycles. The maximum absolute atomic E-state index is 12.6. The Morgan fingerprint density at radius 1 is 1.16 bits per heavy atom. The number of aryl methyl sites for hydroxylation is 1. The van der Waals surface area contributed by atoms with Gasteiger partial charge >= 0.3 is 6.09 Å². The van der Waals surface area contributed by atoms with E-state index in [1.54, 1.807) is 41.9 Å². The number of benzene rings is 2. The van der Waals surface area contributed by atoms with Crippen molar-refractivity contribution in [3.63, 3.8) is 0 Å². The fourth-order valence-corrected chi connectivity index (χ4v) is 3.10. The van der Waals surface area contributed by atoms with E-state index in [0.717, 1.165) is 11.1 Å². The molecule has 0 aliphatic carbocycles. The van der Waals surface area contributed by atoms with E-state index in [0.29, 0.717) is 24.3 Å². The van der Waals surface area contributed by atoms with E-state index in [2.05, 4.69) is 5.32 Å². The Morgan fingerprint density at radius 2 is 1.91 bits per heavy atom. The molecular formula is C24H30N2O6. The maximum Gasteiger partial charge on any atom is 0.412 e. The summed E-state index contributed by atoms with van der Waals surface area (Å²) in [5.41, 5.74) is 4.01. The van der Waals surface area contributed by atoms with Gasteiger partial charge < -0.3 is 14.6 Å². The number of hydrogen-bond acceptors (Lipinski definition) is 6. The third kappa shape index (κ3) is 8.41. The van der Waals surface area contributed by atoms with E-state index in [4.69, 9.17) is 19.8 Å². The van der Waals surface area contributed by atoms with E-state index in [-0.39, 0.29) is 19.1 Å². The van der Waals surface area contributed by atoms with Gasteiger partial charge in [0, 0.05) is 11.8 Å². The van der Waals surface area contributed by atoms with Gasteiger partial charge in [0.25, 0.3) is 5.91 Å². The number of amides is 2. The molecule has 2 rings (SSSR count). The van der Waals surface area contributed by atoms with Crippen molar-refractivity contribution in [2.75, 3.05) is 18.5 Å². The van der Waals surface area contributed by atoms with Crippen LogP contribution in [0.3, 0.4) is 0 Å². The second kappa shape index (κ2) is 13.1. The Labute approximate surface area is 187 Å². The zero-order valence-corrected chi connectivity index (χ0v) is 18.3. The highest BCUT2D eigenvalue weighted by atomic mass is 16.6. The van der Waals surface area contributed by atoms with Crippen LogP contribution in [0.2, 0.25) is 0 Å². The molecule has 172 valence electrons. The number of carbonyl (C=O) groups is 2. The molecular weight excluding hydrogens is 412 g/mol. The average molecular weight is 443 g/mol. The van der Waals surface area contributed by atoms with Crippen LogP contribution in [0, 0.1) is 12.8 Å². The van der Waals surface area contributed by atoms with E-state index in [9.17, 15) is 9.59 Å². The van der Waals surface area contributed by atoms with Crippen molar-refractivity contribution in [3.8, 4) is 5.75 Å². The molecule has 2 amide bonds. The summed E-state index contributed by atoms with van der Waals surface area (Å²) < 4.78 is 11.3. The molecule has 32 heavy (non-hydrogen) atoms. The van der Waals surface area contributed by atoms with E-state index < -0.39 is 18.1 Å². The number of hydroxylamine groups is 1. The molecule has 0 bridgehead atoms. The monoisotopic (exact) mass is 442 g/mol. The average Bonchev–Trinajstić information content (AvgIpc) is 2.80. The van der Waals surface area contributed by atoms with Crippen molar-refractivity contribution in [1.82, 2.24) is 5.48 Å². The van der Waals surface area contributed by atoms with Crippen LogP contribution in [0.5, 0.6) is 5.75 Å². The number of aliphatic hydroxyl groups is 1. The second-order valence-electron chi connectivity index (χ2n) is 7.39. The first kappa shape index (κ1) is 24.9. The zero-order chi connectivity index (χ0) is 23.3. The largest absolute Gasteiger partial charge is 0.491 e. The van der Waals surface area contributed by atoms with E-state index >= 15 is 0 Å². The van der Waals surface area contributed by atoms with Gasteiger partial charge in [-0.3, -0.25) is 15.3 Å². The minimum absolute atomic E-state index is 0.0892.